The van der Waals surface area contributed by atoms with Gasteiger partial charge in [-0.15, -0.1) is 0 Å². The van der Waals surface area contributed by atoms with E-state index in [2.05, 4.69) is 4.98 Å². The number of nitrogens with one attached hydrogen (secondary N) is 1. The maximum absolute atomic E-state index is 13.1. The lowest BCUT2D eigenvalue weighted by Gasteiger charge is -2.40. The first-order chi connectivity index (χ1) is 13.2. The molecule has 5 rings (SSSR count). The van der Waals surface area contributed by atoms with Gasteiger partial charge in [-0.05, 0) is 48.9 Å². The molecule has 1 N–H and O–H groups in total. The van der Waals surface area contributed by atoms with Crippen LogP contribution in [0.4, 0.5) is 0 Å². The molecular weight excluding hydrogens is 344 g/mol. The monoisotopic (exact) mass is 370 g/mol. The van der Waals surface area contributed by atoms with Crippen molar-refractivity contribution in [2.75, 3.05) is 33.4 Å². The molecule has 0 unspecified atom stereocenters. The number of nitrogens with zero attached hydrogens (tertiary/aromatic N) is 1. The number of rotatable bonds is 1. The van der Waals surface area contributed by atoms with E-state index in [4.69, 9.17) is 14.2 Å². The van der Waals surface area contributed by atoms with E-state index < -0.39 is 5.79 Å². The topological polar surface area (TPSA) is 63.8 Å². The second kappa shape index (κ2) is 6.53. The maximum atomic E-state index is 13.1. The summed E-state index contributed by atoms with van der Waals surface area (Å²) in [6, 6.07) is 5.95. The number of benzene rings is 1. The summed E-state index contributed by atoms with van der Waals surface area (Å²) in [5.74, 6) is 0.596. The van der Waals surface area contributed by atoms with E-state index >= 15 is 0 Å². The Kier molecular flexibility index (Phi) is 4.13. The molecule has 3 aliphatic heterocycles. The number of hydrogen-bond acceptors (Lipinski definition) is 4. The average molecular weight is 370 g/mol. The second-order valence-electron chi connectivity index (χ2n) is 7.92. The SMILES string of the molecule is COc1ccc2[nH]c3c(c2c1)CC(=O)N1CCC[C@H](C1)CC31OCCCO1. The van der Waals surface area contributed by atoms with Gasteiger partial charge in [-0.2, -0.15) is 0 Å². The normalized spacial score (nSPS) is 25.0. The maximum Gasteiger partial charge on any atom is 0.227 e. The van der Waals surface area contributed by atoms with Crippen LogP contribution in [0.3, 0.4) is 0 Å². The summed E-state index contributed by atoms with van der Waals surface area (Å²) in [4.78, 5) is 18.6. The zero-order valence-electron chi connectivity index (χ0n) is 15.8. The number of amides is 1. The molecule has 2 fully saturated rings. The molecule has 0 aliphatic carbocycles. The van der Waals surface area contributed by atoms with Crippen LogP contribution in [0.15, 0.2) is 18.2 Å². The quantitative estimate of drug-likeness (QED) is 0.838. The van der Waals surface area contributed by atoms with Crippen molar-refractivity contribution in [1.82, 2.24) is 9.88 Å². The van der Waals surface area contributed by atoms with Gasteiger partial charge in [0.15, 0.2) is 0 Å². The van der Waals surface area contributed by atoms with Crippen LogP contribution >= 0.6 is 0 Å². The predicted octanol–water partition coefficient (Wildman–Crippen LogP) is 2.95. The van der Waals surface area contributed by atoms with Crippen LogP contribution in [0, 0.1) is 5.92 Å². The van der Waals surface area contributed by atoms with Crippen molar-refractivity contribution in [2.45, 2.75) is 37.9 Å². The minimum absolute atomic E-state index is 0.192. The van der Waals surface area contributed by atoms with Crippen molar-refractivity contribution in [3.05, 3.63) is 29.5 Å². The lowest BCUT2D eigenvalue weighted by Crippen LogP contribution is -2.44. The number of hydrogen-bond donors (Lipinski definition) is 1. The van der Waals surface area contributed by atoms with Crippen LogP contribution in [0.2, 0.25) is 0 Å². The van der Waals surface area contributed by atoms with Crippen LogP contribution in [0.25, 0.3) is 10.9 Å². The lowest BCUT2D eigenvalue weighted by molar-refractivity contribution is -0.287. The molecule has 6 nitrogen and oxygen atoms in total. The van der Waals surface area contributed by atoms with Gasteiger partial charge in [0.25, 0.3) is 0 Å². The minimum atomic E-state index is -0.780. The van der Waals surface area contributed by atoms with Crippen molar-refractivity contribution in [1.29, 1.82) is 0 Å². The van der Waals surface area contributed by atoms with Gasteiger partial charge < -0.3 is 24.1 Å². The van der Waals surface area contributed by atoms with Crippen molar-refractivity contribution < 1.29 is 19.0 Å². The number of H-pyrrole nitrogens is 1. The molecule has 0 radical (unpaired) electrons. The molecule has 1 atom stereocenters. The van der Waals surface area contributed by atoms with E-state index in [-0.39, 0.29) is 5.91 Å². The van der Waals surface area contributed by atoms with Crippen molar-refractivity contribution >= 4 is 16.8 Å². The zero-order valence-corrected chi connectivity index (χ0v) is 15.8. The van der Waals surface area contributed by atoms with Crippen molar-refractivity contribution in [3.63, 3.8) is 0 Å². The summed E-state index contributed by atoms with van der Waals surface area (Å²) in [6.07, 6.45) is 4.22. The summed E-state index contributed by atoms with van der Waals surface area (Å²) >= 11 is 0. The number of aromatic nitrogens is 1. The van der Waals surface area contributed by atoms with E-state index in [9.17, 15) is 4.79 Å². The molecule has 144 valence electrons. The Morgan fingerprint density at radius 1 is 1.26 bits per heavy atom. The number of carbonyl (C=O) groups excluding carboxylic acids is 1. The first-order valence-corrected chi connectivity index (χ1v) is 9.93. The van der Waals surface area contributed by atoms with Gasteiger partial charge in [0.2, 0.25) is 11.7 Å². The number of methoxy groups -OCH3 is 1. The fraction of sp³-hybridized carbons (Fsp3) is 0.571. The molecule has 27 heavy (non-hydrogen) atoms. The highest BCUT2D eigenvalue weighted by atomic mass is 16.7. The summed E-state index contributed by atoms with van der Waals surface area (Å²) < 4.78 is 18.1. The van der Waals surface area contributed by atoms with E-state index in [1.165, 1.54) is 0 Å². The molecule has 0 saturated carbocycles. The van der Waals surface area contributed by atoms with Crippen LogP contribution in [-0.2, 0) is 26.5 Å². The van der Waals surface area contributed by atoms with Crippen LogP contribution in [0.1, 0.15) is 36.9 Å². The Labute approximate surface area is 158 Å². The first kappa shape index (κ1) is 17.1. The molecule has 1 spiro atoms. The van der Waals surface area contributed by atoms with Crippen molar-refractivity contribution in [2.24, 2.45) is 5.92 Å². The molecular formula is C21H26N2O4. The summed E-state index contributed by atoms with van der Waals surface area (Å²) in [7, 11) is 1.66. The number of carbonyl (C=O) groups is 1. The number of piperidine rings is 1. The van der Waals surface area contributed by atoms with Gasteiger partial charge in [0.05, 0.1) is 32.4 Å². The highest BCUT2D eigenvalue weighted by molar-refractivity contribution is 5.91. The van der Waals surface area contributed by atoms with Gasteiger partial charge in [0, 0.05) is 30.4 Å². The largest absolute Gasteiger partial charge is 0.497 e. The fourth-order valence-electron chi connectivity index (χ4n) is 4.90. The molecule has 1 aromatic carbocycles. The Morgan fingerprint density at radius 2 is 2.11 bits per heavy atom. The Hall–Kier alpha value is -2.05. The molecule has 1 amide bonds. The zero-order chi connectivity index (χ0) is 18.4. The highest BCUT2D eigenvalue weighted by Crippen LogP contribution is 2.43. The molecule has 3 aliphatic rings. The Bertz CT molecular complexity index is 868. The van der Waals surface area contributed by atoms with E-state index in [1.807, 2.05) is 23.1 Å². The average Bonchev–Trinajstić information content (AvgIpc) is 3.07. The predicted molar refractivity (Wildman–Crippen MR) is 101 cm³/mol. The molecule has 2 saturated heterocycles. The van der Waals surface area contributed by atoms with Gasteiger partial charge in [-0.25, -0.2) is 0 Å². The smallest absolute Gasteiger partial charge is 0.227 e. The van der Waals surface area contributed by atoms with E-state index in [1.54, 1.807) is 7.11 Å². The first-order valence-electron chi connectivity index (χ1n) is 9.93. The van der Waals surface area contributed by atoms with Crippen LogP contribution in [0.5, 0.6) is 5.75 Å². The lowest BCUT2D eigenvalue weighted by atomic mass is 9.89. The van der Waals surface area contributed by atoms with Gasteiger partial charge in [-0.3, -0.25) is 4.79 Å². The third-order valence-electron chi connectivity index (χ3n) is 6.21. The van der Waals surface area contributed by atoms with E-state index in [0.717, 1.165) is 66.7 Å². The third kappa shape index (κ3) is 2.82. The van der Waals surface area contributed by atoms with E-state index in [0.29, 0.717) is 25.6 Å². The number of ether oxygens (including phenoxy) is 3. The van der Waals surface area contributed by atoms with Gasteiger partial charge in [0.1, 0.15) is 5.75 Å². The molecule has 4 heterocycles. The second-order valence-corrected chi connectivity index (χ2v) is 7.92. The Morgan fingerprint density at radius 3 is 2.93 bits per heavy atom. The van der Waals surface area contributed by atoms with Crippen LogP contribution in [-0.4, -0.2) is 49.2 Å². The number of fused-ring (bicyclic) bond motifs is 6. The highest BCUT2D eigenvalue weighted by Gasteiger charge is 2.45. The fourth-order valence-corrected chi connectivity index (χ4v) is 4.90. The minimum Gasteiger partial charge on any atom is -0.497 e. The number of aromatic amines is 1. The van der Waals surface area contributed by atoms with Crippen molar-refractivity contribution in [3.8, 4) is 5.75 Å². The Balaban J connectivity index is 1.71. The van der Waals surface area contributed by atoms with Gasteiger partial charge in [-0.1, -0.05) is 0 Å². The third-order valence-corrected chi connectivity index (χ3v) is 6.21. The molecule has 6 heteroatoms. The van der Waals surface area contributed by atoms with Gasteiger partial charge >= 0.3 is 0 Å². The molecule has 2 aromatic rings. The molecule has 2 bridgehead atoms. The summed E-state index contributed by atoms with van der Waals surface area (Å²) in [6.45, 7) is 3.02. The summed E-state index contributed by atoms with van der Waals surface area (Å²) in [5.41, 5.74) is 2.90. The standard InChI is InChI=1S/C21H26N2O4/c1-25-15-5-6-18-16(10-15)17-11-19(24)23-7-2-4-14(13-23)12-21(20(17)22-18)26-8-3-9-27-21/h5-6,10,14,22H,2-4,7-9,11-13H2,1H3/t14-/m0/s1. The molecule has 1 aromatic heterocycles. The summed E-state index contributed by atoms with van der Waals surface area (Å²) in [5, 5.41) is 1.02. The van der Waals surface area contributed by atoms with Crippen LogP contribution < -0.4 is 4.74 Å².